The van der Waals surface area contributed by atoms with Gasteiger partial charge in [-0.15, -0.1) is 0 Å². The van der Waals surface area contributed by atoms with Crippen molar-refractivity contribution < 1.29 is 4.74 Å². The molecular weight excluding hydrogens is 200 g/mol. The highest BCUT2D eigenvalue weighted by Crippen LogP contribution is 2.18. The number of hydrogen-bond donors (Lipinski definition) is 1. The van der Waals surface area contributed by atoms with Crippen molar-refractivity contribution in [1.82, 2.24) is 5.32 Å². The number of hydrogen-bond acceptors (Lipinski definition) is 3. The lowest BCUT2D eigenvalue weighted by molar-refractivity contribution is 0.198. The summed E-state index contributed by atoms with van der Waals surface area (Å²) in [5.74, 6) is 0. The third-order valence-electron chi connectivity index (χ3n) is 2.53. The SMILES string of the molecule is COCCNC(C#N)c1cc(C)ccc1C. The van der Waals surface area contributed by atoms with Crippen LogP contribution in [0.3, 0.4) is 0 Å². The maximum Gasteiger partial charge on any atom is 0.121 e. The van der Waals surface area contributed by atoms with E-state index in [9.17, 15) is 0 Å². The molecule has 1 unspecified atom stereocenters. The first-order chi connectivity index (χ1) is 7.69. The number of rotatable bonds is 5. The summed E-state index contributed by atoms with van der Waals surface area (Å²) >= 11 is 0. The van der Waals surface area contributed by atoms with E-state index in [-0.39, 0.29) is 6.04 Å². The molecule has 0 amide bonds. The third kappa shape index (κ3) is 3.34. The number of nitrogens with zero attached hydrogens (tertiary/aromatic N) is 1. The molecule has 1 atom stereocenters. The number of benzene rings is 1. The lowest BCUT2D eigenvalue weighted by Gasteiger charge is -2.14. The van der Waals surface area contributed by atoms with E-state index in [2.05, 4.69) is 23.5 Å². The number of nitriles is 1. The molecule has 0 aliphatic heterocycles. The van der Waals surface area contributed by atoms with Crippen LogP contribution >= 0.6 is 0 Å². The van der Waals surface area contributed by atoms with E-state index in [1.807, 2.05) is 19.9 Å². The van der Waals surface area contributed by atoms with Crippen molar-refractivity contribution in [3.63, 3.8) is 0 Å². The molecule has 0 spiro atoms. The largest absolute Gasteiger partial charge is 0.383 e. The standard InChI is InChI=1S/C13H18N2O/c1-10-4-5-11(2)12(8-10)13(9-14)15-6-7-16-3/h4-5,8,13,15H,6-7H2,1-3H3. The van der Waals surface area contributed by atoms with Gasteiger partial charge in [0.2, 0.25) is 0 Å². The molecule has 0 heterocycles. The number of ether oxygens (including phenoxy) is 1. The van der Waals surface area contributed by atoms with Gasteiger partial charge < -0.3 is 4.74 Å². The second kappa shape index (κ2) is 6.26. The summed E-state index contributed by atoms with van der Waals surface area (Å²) in [6, 6.07) is 8.19. The Morgan fingerprint density at radius 3 is 2.81 bits per heavy atom. The van der Waals surface area contributed by atoms with Crippen LogP contribution < -0.4 is 5.32 Å². The zero-order valence-electron chi connectivity index (χ0n) is 10.1. The smallest absolute Gasteiger partial charge is 0.121 e. The first-order valence-corrected chi connectivity index (χ1v) is 5.38. The van der Waals surface area contributed by atoms with Crippen molar-refractivity contribution in [2.75, 3.05) is 20.3 Å². The van der Waals surface area contributed by atoms with Crippen LogP contribution in [0, 0.1) is 25.2 Å². The van der Waals surface area contributed by atoms with E-state index in [0.717, 1.165) is 11.1 Å². The summed E-state index contributed by atoms with van der Waals surface area (Å²) in [5.41, 5.74) is 3.37. The van der Waals surface area contributed by atoms with Crippen molar-refractivity contribution in [2.45, 2.75) is 19.9 Å². The molecule has 1 aromatic carbocycles. The Balaban J connectivity index is 2.79. The van der Waals surface area contributed by atoms with Crippen molar-refractivity contribution in [2.24, 2.45) is 0 Å². The van der Waals surface area contributed by atoms with E-state index in [4.69, 9.17) is 10.00 Å². The lowest BCUT2D eigenvalue weighted by Crippen LogP contribution is -2.24. The van der Waals surface area contributed by atoms with Gasteiger partial charge in [-0.3, -0.25) is 5.32 Å². The fourth-order valence-corrected chi connectivity index (χ4v) is 1.60. The van der Waals surface area contributed by atoms with Crippen molar-refractivity contribution in [3.8, 4) is 6.07 Å². The fourth-order valence-electron chi connectivity index (χ4n) is 1.60. The Hall–Kier alpha value is -1.37. The normalized spacial score (nSPS) is 12.1. The monoisotopic (exact) mass is 218 g/mol. The molecule has 0 saturated carbocycles. The average Bonchev–Trinajstić information content (AvgIpc) is 2.28. The second-order valence-corrected chi connectivity index (χ2v) is 3.87. The van der Waals surface area contributed by atoms with Crippen LogP contribution in [-0.4, -0.2) is 20.3 Å². The Labute approximate surface area is 97.0 Å². The summed E-state index contributed by atoms with van der Waals surface area (Å²) in [6.07, 6.45) is 0. The van der Waals surface area contributed by atoms with Gasteiger partial charge in [-0.25, -0.2) is 0 Å². The van der Waals surface area contributed by atoms with Gasteiger partial charge in [0.25, 0.3) is 0 Å². The predicted octanol–water partition coefficient (Wildman–Crippen LogP) is 2.10. The minimum absolute atomic E-state index is 0.255. The van der Waals surface area contributed by atoms with Crippen LogP contribution in [0.2, 0.25) is 0 Å². The molecular formula is C13H18N2O. The van der Waals surface area contributed by atoms with Gasteiger partial charge in [0.1, 0.15) is 6.04 Å². The van der Waals surface area contributed by atoms with Crippen molar-refractivity contribution in [3.05, 3.63) is 34.9 Å². The van der Waals surface area contributed by atoms with Gasteiger partial charge in [-0.2, -0.15) is 5.26 Å². The Bertz CT molecular complexity index is 382. The maximum atomic E-state index is 9.14. The zero-order chi connectivity index (χ0) is 12.0. The minimum Gasteiger partial charge on any atom is -0.383 e. The first kappa shape index (κ1) is 12.7. The molecule has 0 saturated heterocycles. The third-order valence-corrected chi connectivity index (χ3v) is 2.53. The highest BCUT2D eigenvalue weighted by Gasteiger charge is 2.11. The molecule has 0 aromatic heterocycles. The van der Waals surface area contributed by atoms with E-state index in [0.29, 0.717) is 13.2 Å². The van der Waals surface area contributed by atoms with E-state index < -0.39 is 0 Å². The Kier molecular flexibility index (Phi) is 4.97. The maximum absolute atomic E-state index is 9.14. The summed E-state index contributed by atoms with van der Waals surface area (Å²) in [4.78, 5) is 0. The topological polar surface area (TPSA) is 45.0 Å². The van der Waals surface area contributed by atoms with Gasteiger partial charge in [-0.05, 0) is 25.0 Å². The van der Waals surface area contributed by atoms with Crippen LogP contribution in [0.5, 0.6) is 0 Å². The lowest BCUT2D eigenvalue weighted by atomic mass is 10.00. The summed E-state index contributed by atoms with van der Waals surface area (Å²) in [7, 11) is 1.65. The molecule has 1 N–H and O–H groups in total. The quantitative estimate of drug-likeness (QED) is 0.770. The highest BCUT2D eigenvalue weighted by atomic mass is 16.5. The van der Waals surface area contributed by atoms with E-state index >= 15 is 0 Å². The number of aryl methyl sites for hydroxylation is 2. The minimum atomic E-state index is -0.255. The molecule has 0 aliphatic carbocycles. The molecule has 86 valence electrons. The second-order valence-electron chi connectivity index (χ2n) is 3.87. The molecule has 0 bridgehead atoms. The molecule has 0 radical (unpaired) electrons. The first-order valence-electron chi connectivity index (χ1n) is 5.38. The highest BCUT2D eigenvalue weighted by molar-refractivity contribution is 5.35. The zero-order valence-corrected chi connectivity index (χ0v) is 10.1. The van der Waals surface area contributed by atoms with Gasteiger partial charge in [0.05, 0.1) is 12.7 Å². The number of nitrogens with one attached hydrogen (secondary N) is 1. The van der Waals surface area contributed by atoms with Crippen LogP contribution in [-0.2, 0) is 4.74 Å². The molecule has 3 heteroatoms. The van der Waals surface area contributed by atoms with E-state index in [1.54, 1.807) is 7.11 Å². The molecule has 0 fully saturated rings. The summed E-state index contributed by atoms with van der Waals surface area (Å²) < 4.78 is 4.95. The van der Waals surface area contributed by atoms with Crippen LogP contribution in [0.15, 0.2) is 18.2 Å². The summed E-state index contributed by atoms with van der Waals surface area (Å²) in [5, 5.41) is 12.3. The van der Waals surface area contributed by atoms with Gasteiger partial charge >= 0.3 is 0 Å². The Morgan fingerprint density at radius 2 is 2.19 bits per heavy atom. The van der Waals surface area contributed by atoms with Crippen molar-refractivity contribution in [1.29, 1.82) is 5.26 Å². The van der Waals surface area contributed by atoms with Crippen molar-refractivity contribution >= 4 is 0 Å². The average molecular weight is 218 g/mol. The van der Waals surface area contributed by atoms with Gasteiger partial charge in [0, 0.05) is 13.7 Å². The molecule has 16 heavy (non-hydrogen) atoms. The van der Waals surface area contributed by atoms with Gasteiger partial charge in [0.15, 0.2) is 0 Å². The Morgan fingerprint density at radius 1 is 1.44 bits per heavy atom. The molecule has 0 aliphatic rings. The summed E-state index contributed by atoms with van der Waals surface area (Å²) in [6.45, 7) is 5.36. The van der Waals surface area contributed by atoms with Gasteiger partial charge in [-0.1, -0.05) is 23.8 Å². The predicted molar refractivity (Wildman–Crippen MR) is 64.1 cm³/mol. The molecule has 1 aromatic rings. The van der Waals surface area contributed by atoms with Crippen LogP contribution in [0.25, 0.3) is 0 Å². The molecule has 3 nitrogen and oxygen atoms in total. The fraction of sp³-hybridized carbons (Fsp3) is 0.462. The van der Waals surface area contributed by atoms with E-state index in [1.165, 1.54) is 5.56 Å². The number of methoxy groups -OCH3 is 1. The van der Waals surface area contributed by atoms with Crippen LogP contribution in [0.4, 0.5) is 0 Å². The molecule has 1 rings (SSSR count). The van der Waals surface area contributed by atoms with Crippen LogP contribution in [0.1, 0.15) is 22.7 Å².